The average molecular weight is 227 g/mol. The minimum atomic E-state index is -0.557. The lowest BCUT2D eigenvalue weighted by molar-refractivity contribution is -0.125. The molecular formula is C11H21N3O2. The molecular weight excluding hydrogens is 206 g/mol. The predicted octanol–water partition coefficient (Wildman–Crippen LogP) is -0.222. The Morgan fingerprint density at radius 2 is 1.75 bits per heavy atom. The molecule has 0 fully saturated rings. The maximum Gasteiger partial charge on any atom is 0.237 e. The third-order valence-corrected chi connectivity index (χ3v) is 2.01. The largest absolute Gasteiger partial charge is 0.354 e. The second-order valence-corrected chi connectivity index (χ2v) is 3.87. The molecule has 16 heavy (non-hydrogen) atoms. The highest BCUT2D eigenvalue weighted by atomic mass is 16.2. The van der Waals surface area contributed by atoms with Gasteiger partial charge in [0.25, 0.3) is 0 Å². The molecule has 0 aliphatic carbocycles. The van der Waals surface area contributed by atoms with E-state index in [0.717, 1.165) is 0 Å². The summed E-state index contributed by atoms with van der Waals surface area (Å²) in [5.74, 6) is -0.290. The number of hydrogen-bond acceptors (Lipinski definition) is 3. The van der Waals surface area contributed by atoms with E-state index >= 15 is 0 Å². The fourth-order valence-corrected chi connectivity index (χ4v) is 0.993. The Morgan fingerprint density at radius 1 is 1.25 bits per heavy atom. The molecule has 92 valence electrons. The van der Waals surface area contributed by atoms with E-state index in [1.54, 1.807) is 6.08 Å². The standard InChI is InChI=1S/C11H21N3O2/c1-4-5-9(12)11(16)14-7-6-13-10(15)8(2)3/h4,8-9H,1,5-7,12H2,2-3H3,(H,13,15)(H,14,16). The summed E-state index contributed by atoms with van der Waals surface area (Å²) >= 11 is 0. The van der Waals surface area contributed by atoms with Crippen molar-refractivity contribution < 1.29 is 9.59 Å². The van der Waals surface area contributed by atoms with Crippen molar-refractivity contribution in [3.8, 4) is 0 Å². The van der Waals surface area contributed by atoms with Gasteiger partial charge in [0.2, 0.25) is 11.8 Å². The molecule has 0 aliphatic rings. The summed E-state index contributed by atoms with van der Waals surface area (Å²) in [5.41, 5.74) is 5.55. The summed E-state index contributed by atoms with van der Waals surface area (Å²) in [7, 11) is 0. The summed E-state index contributed by atoms with van der Waals surface area (Å²) in [6.45, 7) is 7.94. The monoisotopic (exact) mass is 227 g/mol. The van der Waals surface area contributed by atoms with Crippen LogP contribution >= 0.6 is 0 Å². The second kappa shape index (κ2) is 7.87. The first-order chi connectivity index (χ1) is 7.49. The molecule has 5 nitrogen and oxygen atoms in total. The fraction of sp³-hybridized carbons (Fsp3) is 0.636. The molecule has 0 aliphatic heterocycles. The normalized spacial score (nSPS) is 12.0. The molecule has 4 N–H and O–H groups in total. The number of hydrogen-bond donors (Lipinski definition) is 3. The molecule has 0 rings (SSSR count). The van der Waals surface area contributed by atoms with E-state index in [2.05, 4.69) is 17.2 Å². The number of carbonyl (C=O) groups excluding carboxylic acids is 2. The van der Waals surface area contributed by atoms with Crippen LogP contribution in [0.15, 0.2) is 12.7 Å². The van der Waals surface area contributed by atoms with Crippen LogP contribution in [0.25, 0.3) is 0 Å². The van der Waals surface area contributed by atoms with Crippen LogP contribution in [0.1, 0.15) is 20.3 Å². The van der Waals surface area contributed by atoms with Gasteiger partial charge in [-0.15, -0.1) is 6.58 Å². The summed E-state index contributed by atoms with van der Waals surface area (Å²) in [6.07, 6.45) is 2.05. The quantitative estimate of drug-likeness (QED) is 0.415. The van der Waals surface area contributed by atoms with Gasteiger partial charge < -0.3 is 16.4 Å². The molecule has 0 aromatic rings. The Labute approximate surface area is 96.5 Å². The average Bonchev–Trinajstić information content (AvgIpc) is 2.23. The topological polar surface area (TPSA) is 84.2 Å². The molecule has 1 unspecified atom stereocenters. The van der Waals surface area contributed by atoms with Gasteiger partial charge in [0.15, 0.2) is 0 Å². The van der Waals surface area contributed by atoms with Gasteiger partial charge >= 0.3 is 0 Å². The van der Waals surface area contributed by atoms with Crippen LogP contribution < -0.4 is 16.4 Å². The molecule has 0 saturated carbocycles. The van der Waals surface area contributed by atoms with Crippen molar-refractivity contribution in [2.45, 2.75) is 26.3 Å². The lowest BCUT2D eigenvalue weighted by Crippen LogP contribution is -2.43. The summed E-state index contributed by atoms with van der Waals surface area (Å²) < 4.78 is 0. The molecule has 0 radical (unpaired) electrons. The molecule has 0 spiro atoms. The van der Waals surface area contributed by atoms with E-state index in [0.29, 0.717) is 19.5 Å². The Morgan fingerprint density at radius 3 is 2.19 bits per heavy atom. The van der Waals surface area contributed by atoms with Crippen LogP contribution in [0, 0.1) is 5.92 Å². The lowest BCUT2D eigenvalue weighted by atomic mass is 10.2. The molecule has 0 bridgehead atoms. The van der Waals surface area contributed by atoms with E-state index in [1.807, 2.05) is 13.8 Å². The molecule has 0 saturated heterocycles. The molecule has 2 amide bonds. The summed E-state index contributed by atoms with van der Waals surface area (Å²) in [5, 5.41) is 5.33. The Kier molecular flexibility index (Phi) is 7.20. The van der Waals surface area contributed by atoms with E-state index in [-0.39, 0.29) is 17.7 Å². The molecule has 0 aromatic heterocycles. The van der Waals surface area contributed by atoms with Gasteiger partial charge in [-0.2, -0.15) is 0 Å². The van der Waals surface area contributed by atoms with Crippen LogP contribution in [0.2, 0.25) is 0 Å². The second-order valence-electron chi connectivity index (χ2n) is 3.87. The van der Waals surface area contributed by atoms with Crippen molar-refractivity contribution in [1.82, 2.24) is 10.6 Å². The van der Waals surface area contributed by atoms with Crippen LogP contribution in [0.3, 0.4) is 0 Å². The molecule has 0 aromatic carbocycles. The van der Waals surface area contributed by atoms with Crippen molar-refractivity contribution in [2.24, 2.45) is 11.7 Å². The van der Waals surface area contributed by atoms with Crippen molar-refractivity contribution >= 4 is 11.8 Å². The van der Waals surface area contributed by atoms with Gasteiger partial charge in [0.1, 0.15) is 0 Å². The van der Waals surface area contributed by atoms with Crippen LogP contribution in [-0.2, 0) is 9.59 Å². The fourth-order valence-electron chi connectivity index (χ4n) is 0.993. The highest BCUT2D eigenvalue weighted by Gasteiger charge is 2.10. The zero-order valence-corrected chi connectivity index (χ0v) is 9.95. The summed E-state index contributed by atoms with van der Waals surface area (Å²) in [6, 6.07) is -0.557. The van der Waals surface area contributed by atoms with Gasteiger partial charge in [-0.25, -0.2) is 0 Å². The van der Waals surface area contributed by atoms with Crippen molar-refractivity contribution in [1.29, 1.82) is 0 Å². The molecule has 1 atom stereocenters. The van der Waals surface area contributed by atoms with Crippen molar-refractivity contribution in [3.63, 3.8) is 0 Å². The number of rotatable bonds is 7. The smallest absolute Gasteiger partial charge is 0.237 e. The molecule has 0 heterocycles. The Bertz CT molecular complexity index is 252. The highest BCUT2D eigenvalue weighted by Crippen LogP contribution is 1.90. The van der Waals surface area contributed by atoms with Crippen LogP contribution in [0.4, 0.5) is 0 Å². The Balaban J connectivity index is 3.62. The van der Waals surface area contributed by atoms with E-state index in [9.17, 15) is 9.59 Å². The number of carbonyl (C=O) groups is 2. The van der Waals surface area contributed by atoms with Gasteiger partial charge in [0.05, 0.1) is 6.04 Å². The zero-order valence-electron chi connectivity index (χ0n) is 9.95. The maximum atomic E-state index is 11.3. The maximum absolute atomic E-state index is 11.3. The zero-order chi connectivity index (χ0) is 12.6. The van der Waals surface area contributed by atoms with Crippen LogP contribution in [0.5, 0.6) is 0 Å². The van der Waals surface area contributed by atoms with E-state index < -0.39 is 6.04 Å². The van der Waals surface area contributed by atoms with Crippen molar-refractivity contribution in [3.05, 3.63) is 12.7 Å². The SMILES string of the molecule is C=CCC(N)C(=O)NCCNC(=O)C(C)C. The van der Waals surface area contributed by atoms with Crippen molar-refractivity contribution in [2.75, 3.05) is 13.1 Å². The first kappa shape index (κ1) is 14.6. The van der Waals surface area contributed by atoms with Gasteiger partial charge in [-0.3, -0.25) is 9.59 Å². The predicted molar refractivity (Wildman–Crippen MR) is 63.6 cm³/mol. The Hall–Kier alpha value is -1.36. The number of nitrogens with one attached hydrogen (secondary N) is 2. The first-order valence-electron chi connectivity index (χ1n) is 5.41. The summed E-state index contributed by atoms with van der Waals surface area (Å²) in [4.78, 5) is 22.5. The van der Waals surface area contributed by atoms with Gasteiger partial charge in [0, 0.05) is 19.0 Å². The lowest BCUT2D eigenvalue weighted by Gasteiger charge is -2.11. The first-order valence-corrected chi connectivity index (χ1v) is 5.41. The third-order valence-electron chi connectivity index (χ3n) is 2.01. The minimum absolute atomic E-state index is 0.0235. The van der Waals surface area contributed by atoms with E-state index in [1.165, 1.54) is 0 Å². The minimum Gasteiger partial charge on any atom is -0.354 e. The highest BCUT2D eigenvalue weighted by molar-refractivity contribution is 5.81. The third kappa shape index (κ3) is 6.19. The number of nitrogens with two attached hydrogens (primary N) is 1. The van der Waals surface area contributed by atoms with Gasteiger partial charge in [-0.1, -0.05) is 19.9 Å². The molecule has 5 heteroatoms. The number of amides is 2. The van der Waals surface area contributed by atoms with Gasteiger partial charge in [-0.05, 0) is 6.42 Å². The van der Waals surface area contributed by atoms with E-state index in [4.69, 9.17) is 5.73 Å². The van der Waals surface area contributed by atoms with Crippen LogP contribution in [-0.4, -0.2) is 30.9 Å².